The van der Waals surface area contributed by atoms with Gasteiger partial charge in [0.2, 0.25) is 0 Å². The topological polar surface area (TPSA) is 20.3 Å². The quantitative estimate of drug-likeness (QED) is 0.761. The van der Waals surface area contributed by atoms with Crippen molar-refractivity contribution in [2.24, 2.45) is 0 Å². The molecule has 0 radical (unpaired) electrons. The monoisotopic (exact) mass is 249 g/mol. The Morgan fingerprint density at radius 1 is 1.00 bits per heavy atom. The van der Waals surface area contributed by atoms with Gasteiger partial charge in [0.15, 0.2) is 5.78 Å². The number of Topliss-reactive ketones (excluding diaryl/α,β-unsaturated/α-hetero) is 1. The first-order chi connectivity index (χ1) is 9.25. The fourth-order valence-electron chi connectivity index (χ4n) is 2.45. The second-order valence-corrected chi connectivity index (χ2v) is 4.81. The van der Waals surface area contributed by atoms with E-state index in [2.05, 4.69) is 11.0 Å². The summed E-state index contributed by atoms with van der Waals surface area (Å²) < 4.78 is 0. The van der Waals surface area contributed by atoms with Gasteiger partial charge in [-0.1, -0.05) is 54.6 Å². The van der Waals surface area contributed by atoms with Crippen LogP contribution in [0.2, 0.25) is 0 Å². The largest absolute Gasteiger partial charge is 0.375 e. The number of fused-ring (bicyclic) bond motifs is 1. The van der Waals surface area contributed by atoms with E-state index in [-0.39, 0.29) is 5.78 Å². The zero-order valence-corrected chi connectivity index (χ0v) is 10.8. The minimum absolute atomic E-state index is 0.0830. The molecule has 0 aromatic heterocycles. The van der Waals surface area contributed by atoms with Gasteiger partial charge in [-0.05, 0) is 11.1 Å². The standard InChI is InChI=1S/C17H15NO/c1-18-11-14-9-5-6-10-15(14)16(12-18)17(19)13-7-3-2-4-8-13/h2-10,12H,11H2,1H3. The summed E-state index contributed by atoms with van der Waals surface area (Å²) in [5.74, 6) is 0.0830. The van der Waals surface area contributed by atoms with Crippen molar-refractivity contribution in [3.63, 3.8) is 0 Å². The zero-order chi connectivity index (χ0) is 13.2. The smallest absolute Gasteiger partial charge is 0.195 e. The number of nitrogens with zero attached hydrogens (tertiary/aromatic N) is 1. The lowest BCUT2D eigenvalue weighted by molar-refractivity contribution is 0.105. The fourth-order valence-corrected chi connectivity index (χ4v) is 2.45. The van der Waals surface area contributed by atoms with Gasteiger partial charge >= 0.3 is 0 Å². The highest BCUT2D eigenvalue weighted by Crippen LogP contribution is 2.28. The Morgan fingerprint density at radius 2 is 1.68 bits per heavy atom. The summed E-state index contributed by atoms with van der Waals surface area (Å²) in [5, 5.41) is 0. The van der Waals surface area contributed by atoms with Crippen LogP contribution in [-0.2, 0) is 6.54 Å². The van der Waals surface area contributed by atoms with E-state index in [1.165, 1.54) is 5.56 Å². The van der Waals surface area contributed by atoms with Gasteiger partial charge in [-0.25, -0.2) is 0 Å². The van der Waals surface area contributed by atoms with Crippen molar-refractivity contribution >= 4 is 11.4 Å². The van der Waals surface area contributed by atoms with Crippen LogP contribution in [0.5, 0.6) is 0 Å². The van der Waals surface area contributed by atoms with E-state index in [1.807, 2.05) is 61.8 Å². The van der Waals surface area contributed by atoms with Crippen molar-refractivity contribution in [3.05, 3.63) is 77.5 Å². The molecule has 1 aliphatic heterocycles. The van der Waals surface area contributed by atoms with E-state index in [0.29, 0.717) is 0 Å². The molecule has 19 heavy (non-hydrogen) atoms. The van der Waals surface area contributed by atoms with Gasteiger partial charge in [0.05, 0.1) is 0 Å². The summed E-state index contributed by atoms with van der Waals surface area (Å²) >= 11 is 0. The van der Waals surface area contributed by atoms with Crippen molar-refractivity contribution in [2.75, 3.05) is 7.05 Å². The molecule has 2 heteroatoms. The van der Waals surface area contributed by atoms with Crippen LogP contribution in [0.4, 0.5) is 0 Å². The number of ketones is 1. The van der Waals surface area contributed by atoms with Crippen LogP contribution < -0.4 is 0 Å². The lowest BCUT2D eigenvalue weighted by atomic mass is 9.91. The molecule has 0 saturated heterocycles. The Kier molecular flexibility index (Phi) is 2.92. The molecule has 2 aromatic carbocycles. The van der Waals surface area contributed by atoms with Crippen LogP contribution in [0.1, 0.15) is 21.5 Å². The average Bonchev–Trinajstić information content (AvgIpc) is 2.46. The van der Waals surface area contributed by atoms with E-state index >= 15 is 0 Å². The minimum atomic E-state index is 0.0830. The maximum atomic E-state index is 12.6. The molecule has 0 unspecified atom stereocenters. The van der Waals surface area contributed by atoms with Crippen molar-refractivity contribution in [1.82, 2.24) is 4.90 Å². The third kappa shape index (κ3) is 2.17. The lowest BCUT2D eigenvalue weighted by Crippen LogP contribution is -2.20. The predicted molar refractivity (Wildman–Crippen MR) is 76.7 cm³/mol. The summed E-state index contributed by atoms with van der Waals surface area (Å²) in [5.41, 5.74) is 3.76. The van der Waals surface area contributed by atoms with Gasteiger partial charge in [0.1, 0.15) is 0 Å². The maximum absolute atomic E-state index is 12.6. The maximum Gasteiger partial charge on any atom is 0.195 e. The molecule has 2 nitrogen and oxygen atoms in total. The van der Waals surface area contributed by atoms with E-state index in [9.17, 15) is 4.79 Å². The first-order valence-corrected chi connectivity index (χ1v) is 6.36. The third-order valence-corrected chi connectivity index (χ3v) is 3.36. The summed E-state index contributed by atoms with van der Waals surface area (Å²) in [6.07, 6.45) is 1.94. The summed E-state index contributed by atoms with van der Waals surface area (Å²) in [7, 11) is 1.99. The number of benzene rings is 2. The SMILES string of the molecule is CN1C=C(C(=O)c2ccccc2)c2ccccc2C1. The number of hydrogen-bond donors (Lipinski definition) is 0. The molecular formula is C17H15NO. The molecule has 0 atom stereocenters. The highest BCUT2D eigenvalue weighted by atomic mass is 16.1. The number of allylic oxidation sites excluding steroid dienone is 1. The summed E-state index contributed by atoms with van der Waals surface area (Å²) in [6, 6.07) is 17.5. The van der Waals surface area contributed by atoms with Crippen molar-refractivity contribution in [3.8, 4) is 0 Å². The zero-order valence-electron chi connectivity index (χ0n) is 10.8. The molecular weight excluding hydrogens is 234 g/mol. The normalized spacial score (nSPS) is 13.7. The number of hydrogen-bond acceptors (Lipinski definition) is 2. The van der Waals surface area contributed by atoms with E-state index in [4.69, 9.17) is 0 Å². The van der Waals surface area contributed by atoms with Gasteiger partial charge in [-0.2, -0.15) is 0 Å². The first-order valence-electron chi connectivity index (χ1n) is 6.36. The van der Waals surface area contributed by atoms with Crippen LogP contribution in [0.15, 0.2) is 60.8 Å². The average molecular weight is 249 g/mol. The molecule has 0 spiro atoms. The number of carbonyl (C=O) groups excluding carboxylic acids is 1. The molecule has 0 aliphatic carbocycles. The van der Waals surface area contributed by atoms with Gasteiger partial charge in [0.25, 0.3) is 0 Å². The fraction of sp³-hybridized carbons (Fsp3) is 0.118. The van der Waals surface area contributed by atoms with Gasteiger partial charge in [-0.15, -0.1) is 0 Å². The summed E-state index contributed by atoms with van der Waals surface area (Å²) in [6.45, 7) is 0.849. The molecule has 0 amide bonds. The van der Waals surface area contributed by atoms with Crippen LogP contribution >= 0.6 is 0 Å². The molecule has 0 saturated carbocycles. The highest BCUT2D eigenvalue weighted by molar-refractivity contribution is 6.29. The molecule has 2 aromatic rings. The Hall–Kier alpha value is -2.35. The molecule has 0 bridgehead atoms. The molecule has 3 rings (SSSR count). The van der Waals surface area contributed by atoms with Gasteiger partial charge in [-0.3, -0.25) is 4.79 Å². The second-order valence-electron chi connectivity index (χ2n) is 4.81. The predicted octanol–water partition coefficient (Wildman–Crippen LogP) is 3.36. The molecule has 0 fully saturated rings. The Bertz CT molecular complexity index is 643. The molecule has 94 valence electrons. The Labute approximate surface area is 113 Å². The molecule has 1 aliphatic rings. The highest BCUT2D eigenvalue weighted by Gasteiger charge is 2.21. The van der Waals surface area contributed by atoms with Gasteiger partial charge in [0, 0.05) is 30.9 Å². The van der Waals surface area contributed by atoms with Crippen LogP contribution in [0.25, 0.3) is 5.57 Å². The Balaban J connectivity index is 2.07. The van der Waals surface area contributed by atoms with Crippen LogP contribution in [0, 0.1) is 0 Å². The van der Waals surface area contributed by atoms with E-state index in [0.717, 1.165) is 23.2 Å². The van der Waals surface area contributed by atoms with Crippen molar-refractivity contribution in [1.29, 1.82) is 0 Å². The van der Waals surface area contributed by atoms with Crippen LogP contribution in [-0.4, -0.2) is 17.7 Å². The van der Waals surface area contributed by atoms with E-state index in [1.54, 1.807) is 0 Å². The number of rotatable bonds is 2. The number of carbonyl (C=O) groups is 1. The second kappa shape index (κ2) is 4.73. The lowest BCUT2D eigenvalue weighted by Gasteiger charge is -2.25. The Morgan fingerprint density at radius 3 is 2.47 bits per heavy atom. The molecule has 0 N–H and O–H groups in total. The third-order valence-electron chi connectivity index (χ3n) is 3.36. The summed E-state index contributed by atoms with van der Waals surface area (Å²) in [4.78, 5) is 14.7. The van der Waals surface area contributed by atoms with Crippen LogP contribution in [0.3, 0.4) is 0 Å². The first kappa shape index (κ1) is 11.7. The van der Waals surface area contributed by atoms with E-state index < -0.39 is 0 Å². The molecule has 1 heterocycles. The van der Waals surface area contributed by atoms with Crippen molar-refractivity contribution in [2.45, 2.75) is 6.54 Å². The van der Waals surface area contributed by atoms with Crippen molar-refractivity contribution < 1.29 is 4.79 Å². The minimum Gasteiger partial charge on any atom is -0.375 e. The van der Waals surface area contributed by atoms with Gasteiger partial charge < -0.3 is 4.90 Å².